The SMILES string of the molecule is Cn1nnnc1Sc1cc(Br)ccc1C(=O)O. The van der Waals surface area contributed by atoms with Crippen LogP contribution in [0.4, 0.5) is 0 Å². The van der Waals surface area contributed by atoms with Crippen molar-refractivity contribution in [3.8, 4) is 0 Å². The van der Waals surface area contributed by atoms with Crippen molar-refractivity contribution in [1.29, 1.82) is 0 Å². The molecule has 1 heterocycles. The molecular weight excluding hydrogens is 308 g/mol. The molecule has 0 saturated carbocycles. The summed E-state index contributed by atoms with van der Waals surface area (Å²) in [5, 5.41) is 20.6. The average molecular weight is 315 g/mol. The lowest BCUT2D eigenvalue weighted by Gasteiger charge is -2.04. The third kappa shape index (κ3) is 2.64. The molecule has 0 fully saturated rings. The predicted octanol–water partition coefficient (Wildman–Crippen LogP) is 1.82. The maximum absolute atomic E-state index is 11.1. The Hall–Kier alpha value is -1.41. The van der Waals surface area contributed by atoms with Crippen molar-refractivity contribution < 1.29 is 9.90 Å². The van der Waals surface area contributed by atoms with Crippen LogP contribution in [0.3, 0.4) is 0 Å². The van der Waals surface area contributed by atoms with Gasteiger partial charge in [-0.3, -0.25) is 0 Å². The van der Waals surface area contributed by atoms with Crippen LogP contribution >= 0.6 is 27.7 Å². The fraction of sp³-hybridized carbons (Fsp3) is 0.111. The van der Waals surface area contributed by atoms with Gasteiger partial charge in [-0.25, -0.2) is 9.48 Å². The summed E-state index contributed by atoms with van der Waals surface area (Å²) in [5.74, 6) is -0.977. The second-order valence-electron chi connectivity index (χ2n) is 3.13. The Morgan fingerprint density at radius 1 is 1.53 bits per heavy atom. The van der Waals surface area contributed by atoms with Gasteiger partial charge in [0, 0.05) is 16.4 Å². The summed E-state index contributed by atoms with van der Waals surface area (Å²) in [6.07, 6.45) is 0. The summed E-state index contributed by atoms with van der Waals surface area (Å²) in [7, 11) is 1.70. The van der Waals surface area contributed by atoms with Gasteiger partial charge in [-0.2, -0.15) is 0 Å². The third-order valence-electron chi connectivity index (χ3n) is 1.96. The zero-order valence-electron chi connectivity index (χ0n) is 8.66. The van der Waals surface area contributed by atoms with E-state index >= 15 is 0 Å². The number of tetrazole rings is 1. The van der Waals surface area contributed by atoms with E-state index < -0.39 is 5.97 Å². The summed E-state index contributed by atoms with van der Waals surface area (Å²) in [6.45, 7) is 0. The zero-order valence-corrected chi connectivity index (χ0v) is 11.1. The maximum atomic E-state index is 11.1. The first kappa shape index (κ1) is 12.1. The van der Waals surface area contributed by atoms with Crippen molar-refractivity contribution in [2.75, 3.05) is 0 Å². The van der Waals surface area contributed by atoms with Crippen molar-refractivity contribution >= 4 is 33.7 Å². The molecule has 0 amide bonds. The molecule has 0 atom stereocenters. The van der Waals surface area contributed by atoms with Gasteiger partial charge in [0.15, 0.2) is 0 Å². The molecular formula is C9H7BrN4O2S. The van der Waals surface area contributed by atoms with Crippen LogP contribution in [0.15, 0.2) is 32.7 Å². The molecule has 88 valence electrons. The second kappa shape index (κ2) is 4.84. The van der Waals surface area contributed by atoms with E-state index in [0.29, 0.717) is 10.1 Å². The van der Waals surface area contributed by atoms with Gasteiger partial charge in [-0.05, 0) is 40.4 Å². The molecule has 6 nitrogen and oxygen atoms in total. The van der Waals surface area contributed by atoms with Crippen molar-refractivity contribution in [2.45, 2.75) is 10.1 Å². The highest BCUT2D eigenvalue weighted by Crippen LogP contribution is 2.30. The molecule has 0 spiro atoms. The number of hydrogen-bond acceptors (Lipinski definition) is 5. The topological polar surface area (TPSA) is 80.9 Å². The highest BCUT2D eigenvalue weighted by Gasteiger charge is 2.14. The van der Waals surface area contributed by atoms with E-state index in [9.17, 15) is 4.79 Å². The van der Waals surface area contributed by atoms with Gasteiger partial charge >= 0.3 is 5.97 Å². The van der Waals surface area contributed by atoms with Crippen molar-refractivity contribution in [2.24, 2.45) is 7.05 Å². The lowest BCUT2D eigenvalue weighted by molar-refractivity contribution is 0.0693. The summed E-state index contributed by atoms with van der Waals surface area (Å²) in [5.41, 5.74) is 0.223. The fourth-order valence-electron chi connectivity index (χ4n) is 1.16. The van der Waals surface area contributed by atoms with Crippen LogP contribution in [0.5, 0.6) is 0 Å². The monoisotopic (exact) mass is 314 g/mol. The molecule has 1 aromatic heterocycles. The van der Waals surface area contributed by atoms with E-state index in [4.69, 9.17) is 5.11 Å². The van der Waals surface area contributed by atoms with Gasteiger partial charge in [0.25, 0.3) is 0 Å². The molecule has 0 aliphatic heterocycles. The Morgan fingerprint density at radius 2 is 2.29 bits per heavy atom. The summed E-state index contributed by atoms with van der Waals surface area (Å²) < 4.78 is 2.29. The van der Waals surface area contributed by atoms with Crippen molar-refractivity contribution in [3.05, 3.63) is 28.2 Å². The largest absolute Gasteiger partial charge is 0.478 e. The number of carbonyl (C=O) groups is 1. The molecule has 1 aromatic carbocycles. The number of nitrogens with zero attached hydrogens (tertiary/aromatic N) is 4. The molecule has 0 unspecified atom stereocenters. The van der Waals surface area contributed by atoms with Gasteiger partial charge in [0.05, 0.1) is 5.56 Å². The van der Waals surface area contributed by atoms with Crippen molar-refractivity contribution in [3.63, 3.8) is 0 Å². The smallest absolute Gasteiger partial charge is 0.336 e. The first-order valence-corrected chi connectivity index (χ1v) is 6.12. The molecule has 2 aromatic rings. The number of aryl methyl sites for hydroxylation is 1. The lowest BCUT2D eigenvalue weighted by Crippen LogP contribution is -2.00. The first-order chi connectivity index (χ1) is 8.08. The number of aromatic nitrogens is 4. The number of carboxylic acids is 1. The highest BCUT2D eigenvalue weighted by molar-refractivity contribution is 9.10. The van der Waals surface area contributed by atoms with E-state index in [1.54, 1.807) is 25.2 Å². The second-order valence-corrected chi connectivity index (χ2v) is 5.06. The quantitative estimate of drug-likeness (QED) is 0.930. The molecule has 8 heteroatoms. The number of rotatable bonds is 3. The summed E-state index contributed by atoms with van der Waals surface area (Å²) in [6, 6.07) is 4.95. The Labute approximate surface area is 109 Å². The van der Waals surface area contributed by atoms with Crippen LogP contribution in [0.25, 0.3) is 0 Å². The molecule has 0 radical (unpaired) electrons. The van der Waals surface area contributed by atoms with E-state index in [1.165, 1.54) is 16.4 Å². The van der Waals surface area contributed by atoms with Crippen LogP contribution < -0.4 is 0 Å². The molecule has 1 N–H and O–H groups in total. The standard InChI is InChI=1S/C9H7BrN4O2S/c1-14-9(11-12-13-14)17-7-4-5(10)2-3-6(7)8(15)16/h2-4H,1H3,(H,15,16). The van der Waals surface area contributed by atoms with E-state index in [1.807, 2.05) is 0 Å². The molecule has 0 saturated heterocycles. The van der Waals surface area contributed by atoms with Crippen LogP contribution in [0.1, 0.15) is 10.4 Å². The predicted molar refractivity (Wildman–Crippen MR) is 64.0 cm³/mol. The van der Waals surface area contributed by atoms with Crippen LogP contribution in [-0.4, -0.2) is 31.3 Å². The Balaban J connectivity index is 2.41. The first-order valence-electron chi connectivity index (χ1n) is 4.51. The molecule has 0 bridgehead atoms. The summed E-state index contributed by atoms with van der Waals surface area (Å²) >= 11 is 4.51. The van der Waals surface area contributed by atoms with Crippen LogP contribution in [-0.2, 0) is 7.05 Å². The minimum atomic E-state index is -0.977. The highest BCUT2D eigenvalue weighted by atomic mass is 79.9. The summed E-state index contributed by atoms with van der Waals surface area (Å²) in [4.78, 5) is 11.6. The van der Waals surface area contributed by atoms with Crippen LogP contribution in [0, 0.1) is 0 Å². The maximum Gasteiger partial charge on any atom is 0.336 e. The van der Waals surface area contributed by atoms with Crippen molar-refractivity contribution in [1.82, 2.24) is 20.2 Å². The minimum absolute atomic E-state index is 0.223. The third-order valence-corrected chi connectivity index (χ3v) is 3.54. The van der Waals surface area contributed by atoms with Gasteiger partial charge in [-0.1, -0.05) is 15.9 Å². The number of hydrogen-bond donors (Lipinski definition) is 1. The molecule has 0 aliphatic carbocycles. The molecule has 17 heavy (non-hydrogen) atoms. The van der Waals surface area contributed by atoms with Gasteiger partial charge in [0.1, 0.15) is 0 Å². The van der Waals surface area contributed by atoms with E-state index in [2.05, 4.69) is 31.5 Å². The Bertz CT molecular complexity index is 572. The molecule has 2 rings (SSSR count). The van der Waals surface area contributed by atoms with Gasteiger partial charge < -0.3 is 5.11 Å². The number of carboxylic acid groups (broad SMARTS) is 1. The Morgan fingerprint density at radius 3 is 2.88 bits per heavy atom. The molecule has 0 aliphatic rings. The lowest BCUT2D eigenvalue weighted by atomic mass is 10.2. The minimum Gasteiger partial charge on any atom is -0.478 e. The van der Waals surface area contributed by atoms with E-state index in [-0.39, 0.29) is 5.56 Å². The average Bonchev–Trinajstić information content (AvgIpc) is 2.64. The number of aromatic carboxylic acids is 1. The fourth-order valence-corrected chi connectivity index (χ4v) is 2.57. The van der Waals surface area contributed by atoms with E-state index in [0.717, 1.165) is 4.47 Å². The Kier molecular flexibility index (Phi) is 3.43. The number of benzene rings is 1. The van der Waals surface area contributed by atoms with Gasteiger partial charge in [0.2, 0.25) is 5.16 Å². The number of halogens is 1. The normalized spacial score (nSPS) is 10.5. The zero-order chi connectivity index (χ0) is 12.4. The van der Waals surface area contributed by atoms with Crippen LogP contribution in [0.2, 0.25) is 0 Å². The van der Waals surface area contributed by atoms with Gasteiger partial charge in [-0.15, -0.1) is 5.10 Å².